The maximum Gasteiger partial charge on any atom is 0.306 e. The molecule has 25 heavy (non-hydrogen) atoms. The van der Waals surface area contributed by atoms with Gasteiger partial charge in [0.1, 0.15) is 0 Å². The standard InChI is InChI=1S/C20H28N2O3/c1-14-6-4-5-9-22(14)13-16-8-3-2-7-15(16)12-21-19(23)17-10-18(11-17)20(24)25/h2-3,7-8,14,17-18H,4-6,9-13H2,1H3,(H,21,23)(H,24,25). The summed E-state index contributed by atoms with van der Waals surface area (Å²) in [4.78, 5) is 25.6. The van der Waals surface area contributed by atoms with Gasteiger partial charge in [0.05, 0.1) is 5.92 Å². The molecule has 0 aromatic heterocycles. The number of aliphatic carboxylic acids is 1. The lowest BCUT2D eigenvalue weighted by atomic mass is 9.74. The Kier molecular flexibility index (Phi) is 5.74. The Bertz CT molecular complexity index is 625. The number of hydrogen-bond donors (Lipinski definition) is 2. The number of nitrogens with zero attached hydrogens (tertiary/aromatic N) is 1. The molecule has 1 atom stereocenters. The van der Waals surface area contributed by atoms with E-state index in [2.05, 4.69) is 35.3 Å². The lowest BCUT2D eigenvalue weighted by Gasteiger charge is -2.34. The van der Waals surface area contributed by atoms with Crippen molar-refractivity contribution in [1.29, 1.82) is 0 Å². The van der Waals surface area contributed by atoms with E-state index in [1.165, 1.54) is 24.8 Å². The van der Waals surface area contributed by atoms with Crippen LogP contribution in [0.25, 0.3) is 0 Å². The summed E-state index contributed by atoms with van der Waals surface area (Å²) < 4.78 is 0. The highest BCUT2D eigenvalue weighted by atomic mass is 16.4. The van der Waals surface area contributed by atoms with Crippen LogP contribution in [0.5, 0.6) is 0 Å². The molecule has 2 fully saturated rings. The van der Waals surface area contributed by atoms with Crippen molar-refractivity contribution in [1.82, 2.24) is 10.2 Å². The van der Waals surface area contributed by atoms with E-state index in [0.29, 0.717) is 25.4 Å². The Morgan fingerprint density at radius 1 is 1.16 bits per heavy atom. The van der Waals surface area contributed by atoms with Crippen molar-refractivity contribution in [2.24, 2.45) is 11.8 Å². The van der Waals surface area contributed by atoms with Crippen LogP contribution in [0.15, 0.2) is 24.3 Å². The van der Waals surface area contributed by atoms with Gasteiger partial charge in [-0.1, -0.05) is 30.7 Å². The van der Waals surface area contributed by atoms with Crippen LogP contribution in [0.3, 0.4) is 0 Å². The second-order valence-electron chi connectivity index (χ2n) is 7.51. The smallest absolute Gasteiger partial charge is 0.306 e. The van der Waals surface area contributed by atoms with Gasteiger partial charge in [-0.3, -0.25) is 14.5 Å². The largest absolute Gasteiger partial charge is 0.481 e. The number of rotatable bonds is 6. The molecule has 1 aliphatic carbocycles. The van der Waals surface area contributed by atoms with Gasteiger partial charge in [0, 0.05) is 25.0 Å². The lowest BCUT2D eigenvalue weighted by molar-refractivity contribution is -0.148. The first-order valence-corrected chi connectivity index (χ1v) is 9.36. The maximum atomic E-state index is 12.2. The van der Waals surface area contributed by atoms with Gasteiger partial charge in [-0.25, -0.2) is 0 Å². The third kappa shape index (κ3) is 4.40. The van der Waals surface area contributed by atoms with E-state index in [4.69, 9.17) is 5.11 Å². The molecule has 1 aromatic carbocycles. The molecule has 1 aromatic rings. The van der Waals surface area contributed by atoms with E-state index >= 15 is 0 Å². The average molecular weight is 344 g/mol. The minimum atomic E-state index is -0.787. The van der Waals surface area contributed by atoms with Gasteiger partial charge in [-0.15, -0.1) is 0 Å². The number of hydrogen-bond acceptors (Lipinski definition) is 3. The predicted molar refractivity (Wildman–Crippen MR) is 95.9 cm³/mol. The lowest BCUT2D eigenvalue weighted by Crippen LogP contribution is -2.41. The summed E-state index contributed by atoms with van der Waals surface area (Å²) in [6, 6.07) is 8.89. The Morgan fingerprint density at radius 3 is 2.56 bits per heavy atom. The number of carboxylic acid groups (broad SMARTS) is 1. The first-order chi connectivity index (χ1) is 12.0. The fourth-order valence-corrected chi connectivity index (χ4v) is 3.86. The van der Waals surface area contributed by atoms with E-state index in [0.717, 1.165) is 18.7 Å². The monoisotopic (exact) mass is 344 g/mol. The number of carbonyl (C=O) groups is 2. The number of carbonyl (C=O) groups excluding carboxylic acids is 1. The van der Waals surface area contributed by atoms with Crippen LogP contribution in [-0.2, 0) is 22.7 Å². The number of amides is 1. The molecule has 136 valence electrons. The topological polar surface area (TPSA) is 69.6 Å². The molecule has 0 bridgehead atoms. The quantitative estimate of drug-likeness (QED) is 0.832. The van der Waals surface area contributed by atoms with Crippen molar-refractivity contribution in [3.63, 3.8) is 0 Å². The fourth-order valence-electron chi connectivity index (χ4n) is 3.86. The van der Waals surface area contributed by atoms with Gasteiger partial charge in [-0.2, -0.15) is 0 Å². The molecule has 1 aliphatic heterocycles. The van der Waals surface area contributed by atoms with E-state index in [1.54, 1.807) is 0 Å². The third-order valence-corrected chi connectivity index (χ3v) is 5.74. The molecule has 1 amide bonds. The minimum Gasteiger partial charge on any atom is -0.481 e. The molecule has 1 unspecified atom stereocenters. The second-order valence-corrected chi connectivity index (χ2v) is 7.51. The first kappa shape index (κ1) is 17.9. The summed E-state index contributed by atoms with van der Waals surface area (Å²) in [6.45, 7) is 4.88. The number of carboxylic acids is 1. The third-order valence-electron chi connectivity index (χ3n) is 5.74. The van der Waals surface area contributed by atoms with Gasteiger partial charge in [0.25, 0.3) is 0 Å². The van der Waals surface area contributed by atoms with Gasteiger partial charge >= 0.3 is 5.97 Å². The molecule has 0 spiro atoms. The first-order valence-electron chi connectivity index (χ1n) is 9.36. The molecular formula is C20H28N2O3. The zero-order valence-electron chi connectivity index (χ0n) is 14.9. The van der Waals surface area contributed by atoms with Crippen molar-refractivity contribution < 1.29 is 14.7 Å². The summed E-state index contributed by atoms with van der Waals surface area (Å²) in [5, 5.41) is 11.9. The highest BCUT2D eigenvalue weighted by molar-refractivity contribution is 5.82. The molecular weight excluding hydrogens is 316 g/mol. The van der Waals surface area contributed by atoms with Crippen molar-refractivity contribution in [3.8, 4) is 0 Å². The maximum absolute atomic E-state index is 12.2. The van der Waals surface area contributed by atoms with Crippen molar-refractivity contribution in [3.05, 3.63) is 35.4 Å². The van der Waals surface area contributed by atoms with E-state index in [9.17, 15) is 9.59 Å². The van der Waals surface area contributed by atoms with Gasteiger partial charge in [-0.05, 0) is 50.3 Å². The molecule has 0 radical (unpaired) electrons. The fraction of sp³-hybridized carbons (Fsp3) is 0.600. The van der Waals surface area contributed by atoms with E-state index in [-0.39, 0.29) is 17.7 Å². The average Bonchev–Trinajstić information content (AvgIpc) is 2.54. The summed E-state index contributed by atoms with van der Waals surface area (Å²) in [6.07, 6.45) is 4.76. The Morgan fingerprint density at radius 2 is 1.88 bits per heavy atom. The van der Waals surface area contributed by atoms with Crippen molar-refractivity contribution in [2.45, 2.75) is 58.2 Å². The van der Waals surface area contributed by atoms with Crippen LogP contribution >= 0.6 is 0 Å². The molecule has 3 rings (SSSR count). The summed E-state index contributed by atoms with van der Waals surface area (Å²) in [7, 11) is 0. The molecule has 5 heteroatoms. The van der Waals surface area contributed by atoms with Crippen LogP contribution in [0.4, 0.5) is 0 Å². The summed E-state index contributed by atoms with van der Waals surface area (Å²) in [5.74, 6) is -1.29. The number of nitrogens with one attached hydrogen (secondary N) is 1. The van der Waals surface area contributed by atoms with Crippen LogP contribution in [0.1, 0.15) is 50.2 Å². The Hall–Kier alpha value is -1.88. The summed E-state index contributed by atoms with van der Waals surface area (Å²) >= 11 is 0. The number of benzene rings is 1. The van der Waals surface area contributed by atoms with Gasteiger partial charge < -0.3 is 10.4 Å². The molecule has 2 N–H and O–H groups in total. The minimum absolute atomic E-state index is 0.0151. The molecule has 1 saturated heterocycles. The summed E-state index contributed by atoms with van der Waals surface area (Å²) in [5.41, 5.74) is 2.43. The molecule has 5 nitrogen and oxygen atoms in total. The molecule has 2 aliphatic rings. The zero-order valence-corrected chi connectivity index (χ0v) is 14.9. The van der Waals surface area contributed by atoms with Crippen LogP contribution in [0, 0.1) is 11.8 Å². The predicted octanol–water partition coefficient (Wildman–Crippen LogP) is 2.79. The second kappa shape index (κ2) is 8.00. The SMILES string of the molecule is CC1CCCCN1Cc1ccccc1CNC(=O)C1CC(C(=O)O)C1. The Balaban J connectivity index is 1.54. The molecule has 1 heterocycles. The highest BCUT2D eigenvalue weighted by Gasteiger charge is 2.38. The zero-order chi connectivity index (χ0) is 17.8. The number of likely N-dealkylation sites (tertiary alicyclic amines) is 1. The van der Waals surface area contributed by atoms with E-state index in [1.807, 2.05) is 6.07 Å². The van der Waals surface area contributed by atoms with Crippen LogP contribution in [-0.4, -0.2) is 34.5 Å². The Labute approximate surface area is 149 Å². The van der Waals surface area contributed by atoms with Crippen molar-refractivity contribution in [2.75, 3.05) is 6.54 Å². The highest BCUT2D eigenvalue weighted by Crippen LogP contribution is 2.34. The molecule has 1 saturated carbocycles. The van der Waals surface area contributed by atoms with Crippen LogP contribution in [0.2, 0.25) is 0 Å². The van der Waals surface area contributed by atoms with Gasteiger partial charge in [0.15, 0.2) is 0 Å². The van der Waals surface area contributed by atoms with Crippen LogP contribution < -0.4 is 5.32 Å². The van der Waals surface area contributed by atoms with Crippen molar-refractivity contribution >= 4 is 11.9 Å². The van der Waals surface area contributed by atoms with E-state index < -0.39 is 5.97 Å². The number of piperidine rings is 1. The normalized spacial score (nSPS) is 26.7. The van der Waals surface area contributed by atoms with Gasteiger partial charge in [0.2, 0.25) is 5.91 Å².